The molecule has 30 heavy (non-hydrogen) atoms. The Balaban J connectivity index is 1.45. The molecule has 2 amide bonds. The van der Waals surface area contributed by atoms with Crippen LogP contribution in [0.4, 0.5) is 0 Å². The van der Waals surface area contributed by atoms with Crippen molar-refractivity contribution in [3.63, 3.8) is 0 Å². The third-order valence-electron chi connectivity index (χ3n) is 5.64. The Morgan fingerprint density at radius 1 is 1.03 bits per heavy atom. The van der Waals surface area contributed by atoms with E-state index in [9.17, 15) is 9.59 Å². The lowest BCUT2D eigenvalue weighted by Gasteiger charge is -2.32. The largest absolute Gasteiger partial charge is 0.497 e. The highest BCUT2D eigenvalue weighted by Crippen LogP contribution is 2.25. The fourth-order valence-electron chi connectivity index (χ4n) is 3.74. The highest BCUT2D eigenvalue weighted by Gasteiger charge is 2.25. The summed E-state index contributed by atoms with van der Waals surface area (Å²) in [5, 5.41) is 2.98. The third kappa shape index (κ3) is 5.53. The molecule has 0 unspecified atom stereocenters. The lowest BCUT2D eigenvalue weighted by atomic mass is 9.92. The van der Waals surface area contributed by atoms with Crippen LogP contribution < -0.4 is 14.8 Å². The quantitative estimate of drug-likeness (QED) is 0.758. The number of rotatable bonds is 7. The fourth-order valence-corrected chi connectivity index (χ4v) is 3.74. The van der Waals surface area contributed by atoms with Crippen molar-refractivity contribution in [3.8, 4) is 11.5 Å². The number of nitrogens with one attached hydrogen (secondary N) is 1. The minimum absolute atomic E-state index is 0.0242. The summed E-state index contributed by atoms with van der Waals surface area (Å²) in [5.74, 6) is 1.80. The van der Waals surface area contributed by atoms with Gasteiger partial charge in [0.2, 0.25) is 5.91 Å². The van der Waals surface area contributed by atoms with E-state index >= 15 is 0 Å². The van der Waals surface area contributed by atoms with Crippen molar-refractivity contribution in [2.75, 3.05) is 27.3 Å². The standard InChI is InChI=1S/C24H30N2O4/c1-17-4-6-19(7-5-17)24(28)26-12-10-18(11-13-26)14-23(27)25-16-20-8-9-21(29-2)15-22(20)30-3/h4-9,15,18H,10-14,16H2,1-3H3,(H,25,27). The van der Waals surface area contributed by atoms with E-state index in [-0.39, 0.29) is 11.8 Å². The molecule has 1 N–H and O–H groups in total. The Morgan fingerprint density at radius 2 is 1.73 bits per heavy atom. The zero-order chi connectivity index (χ0) is 21.5. The highest BCUT2D eigenvalue weighted by atomic mass is 16.5. The van der Waals surface area contributed by atoms with Crippen LogP contribution in [0.2, 0.25) is 0 Å². The van der Waals surface area contributed by atoms with Gasteiger partial charge in [0.05, 0.1) is 14.2 Å². The summed E-state index contributed by atoms with van der Waals surface area (Å²) in [6.45, 7) is 3.81. The molecule has 160 valence electrons. The van der Waals surface area contributed by atoms with Gasteiger partial charge in [-0.25, -0.2) is 0 Å². The Bertz CT molecular complexity index is 871. The van der Waals surface area contributed by atoms with Gasteiger partial charge in [-0.05, 0) is 49.9 Å². The maximum atomic E-state index is 12.6. The van der Waals surface area contributed by atoms with E-state index in [4.69, 9.17) is 9.47 Å². The van der Waals surface area contributed by atoms with Gasteiger partial charge in [0.15, 0.2) is 0 Å². The summed E-state index contributed by atoms with van der Waals surface area (Å²) in [5.41, 5.74) is 2.78. The van der Waals surface area contributed by atoms with Gasteiger partial charge in [0.25, 0.3) is 5.91 Å². The van der Waals surface area contributed by atoms with E-state index in [0.29, 0.717) is 43.5 Å². The monoisotopic (exact) mass is 410 g/mol. The van der Waals surface area contributed by atoms with Crippen LogP contribution in [-0.4, -0.2) is 44.0 Å². The number of amides is 2. The van der Waals surface area contributed by atoms with Gasteiger partial charge in [0, 0.05) is 43.2 Å². The molecule has 2 aromatic carbocycles. The number of benzene rings is 2. The van der Waals surface area contributed by atoms with Gasteiger partial charge < -0.3 is 19.7 Å². The zero-order valence-corrected chi connectivity index (χ0v) is 17.9. The molecule has 6 heteroatoms. The first-order chi connectivity index (χ1) is 14.5. The normalized spacial score (nSPS) is 14.3. The minimum Gasteiger partial charge on any atom is -0.497 e. The summed E-state index contributed by atoms with van der Waals surface area (Å²) in [7, 11) is 3.21. The predicted octanol–water partition coefficient (Wildman–Crippen LogP) is 3.57. The molecule has 3 rings (SSSR count). The molecule has 1 heterocycles. The molecule has 0 atom stereocenters. The SMILES string of the molecule is COc1ccc(CNC(=O)CC2CCN(C(=O)c3ccc(C)cc3)CC2)c(OC)c1. The number of hydrogen-bond donors (Lipinski definition) is 1. The first kappa shape index (κ1) is 21.7. The fraction of sp³-hybridized carbons (Fsp3) is 0.417. The molecule has 0 radical (unpaired) electrons. The number of likely N-dealkylation sites (tertiary alicyclic amines) is 1. The van der Waals surface area contributed by atoms with E-state index < -0.39 is 0 Å². The van der Waals surface area contributed by atoms with Gasteiger partial charge in [-0.15, -0.1) is 0 Å². The van der Waals surface area contributed by atoms with Crippen LogP contribution in [0.15, 0.2) is 42.5 Å². The molecule has 2 aromatic rings. The summed E-state index contributed by atoms with van der Waals surface area (Å²) in [6, 6.07) is 13.2. The minimum atomic E-state index is 0.0242. The second-order valence-corrected chi connectivity index (χ2v) is 7.76. The molecule has 1 fully saturated rings. The van der Waals surface area contributed by atoms with Crippen molar-refractivity contribution in [3.05, 3.63) is 59.2 Å². The van der Waals surface area contributed by atoms with Crippen molar-refractivity contribution >= 4 is 11.8 Å². The number of ether oxygens (including phenoxy) is 2. The van der Waals surface area contributed by atoms with Crippen molar-refractivity contribution in [2.24, 2.45) is 5.92 Å². The zero-order valence-electron chi connectivity index (χ0n) is 17.9. The van der Waals surface area contributed by atoms with Crippen molar-refractivity contribution < 1.29 is 19.1 Å². The van der Waals surface area contributed by atoms with Crippen molar-refractivity contribution in [1.82, 2.24) is 10.2 Å². The third-order valence-corrected chi connectivity index (χ3v) is 5.64. The summed E-state index contributed by atoms with van der Waals surface area (Å²) < 4.78 is 10.6. The van der Waals surface area contributed by atoms with Crippen LogP contribution in [0.5, 0.6) is 11.5 Å². The van der Waals surface area contributed by atoms with Crippen LogP contribution >= 0.6 is 0 Å². The molecule has 0 aromatic heterocycles. The predicted molar refractivity (Wildman–Crippen MR) is 116 cm³/mol. The number of aryl methyl sites for hydroxylation is 1. The van der Waals surface area contributed by atoms with Gasteiger partial charge in [-0.2, -0.15) is 0 Å². The molecule has 0 spiro atoms. The van der Waals surface area contributed by atoms with E-state index in [1.807, 2.05) is 54.3 Å². The highest BCUT2D eigenvalue weighted by molar-refractivity contribution is 5.94. The topological polar surface area (TPSA) is 67.9 Å². The Kier molecular flexibility index (Phi) is 7.33. The van der Waals surface area contributed by atoms with Gasteiger partial charge in [-0.1, -0.05) is 17.7 Å². The first-order valence-corrected chi connectivity index (χ1v) is 10.3. The molecule has 1 saturated heterocycles. The first-order valence-electron chi connectivity index (χ1n) is 10.3. The smallest absolute Gasteiger partial charge is 0.253 e. The Morgan fingerprint density at radius 3 is 2.37 bits per heavy atom. The van der Waals surface area contributed by atoms with Gasteiger partial charge in [-0.3, -0.25) is 9.59 Å². The second kappa shape index (κ2) is 10.1. The van der Waals surface area contributed by atoms with Crippen LogP contribution in [0.3, 0.4) is 0 Å². The van der Waals surface area contributed by atoms with Crippen molar-refractivity contribution in [2.45, 2.75) is 32.7 Å². The molecule has 1 aliphatic rings. The number of hydrogen-bond acceptors (Lipinski definition) is 4. The second-order valence-electron chi connectivity index (χ2n) is 7.76. The number of carbonyl (C=O) groups is 2. The molecular weight excluding hydrogens is 380 g/mol. The number of methoxy groups -OCH3 is 2. The van der Waals surface area contributed by atoms with E-state index in [2.05, 4.69) is 5.32 Å². The van der Waals surface area contributed by atoms with E-state index in [0.717, 1.165) is 29.5 Å². The number of piperidine rings is 1. The lowest BCUT2D eigenvalue weighted by molar-refractivity contribution is -0.122. The molecule has 0 aliphatic carbocycles. The van der Waals surface area contributed by atoms with Crippen LogP contribution in [0, 0.1) is 12.8 Å². The molecule has 0 bridgehead atoms. The summed E-state index contributed by atoms with van der Waals surface area (Å²) in [6.07, 6.45) is 2.17. The van der Waals surface area contributed by atoms with E-state index in [1.165, 1.54) is 0 Å². The number of carbonyl (C=O) groups excluding carboxylic acids is 2. The van der Waals surface area contributed by atoms with Gasteiger partial charge in [0.1, 0.15) is 11.5 Å². The average Bonchev–Trinajstić information content (AvgIpc) is 2.78. The van der Waals surface area contributed by atoms with Crippen molar-refractivity contribution in [1.29, 1.82) is 0 Å². The molecular formula is C24H30N2O4. The summed E-state index contributed by atoms with van der Waals surface area (Å²) >= 11 is 0. The lowest BCUT2D eigenvalue weighted by Crippen LogP contribution is -2.39. The average molecular weight is 411 g/mol. The maximum absolute atomic E-state index is 12.6. The molecule has 0 saturated carbocycles. The molecule has 6 nitrogen and oxygen atoms in total. The van der Waals surface area contributed by atoms with Crippen LogP contribution in [0.25, 0.3) is 0 Å². The van der Waals surface area contributed by atoms with Gasteiger partial charge >= 0.3 is 0 Å². The Labute approximate surface area is 178 Å². The summed E-state index contributed by atoms with van der Waals surface area (Å²) in [4.78, 5) is 26.9. The van der Waals surface area contributed by atoms with E-state index in [1.54, 1.807) is 14.2 Å². The molecule has 1 aliphatic heterocycles. The number of nitrogens with zero attached hydrogens (tertiary/aromatic N) is 1. The Hall–Kier alpha value is -3.02. The van der Waals surface area contributed by atoms with Crippen LogP contribution in [0.1, 0.15) is 40.7 Å². The maximum Gasteiger partial charge on any atom is 0.253 e. The van der Waals surface area contributed by atoms with Crippen LogP contribution in [-0.2, 0) is 11.3 Å².